The monoisotopic (exact) mass is 380 g/mol. The first-order chi connectivity index (χ1) is 12.6. The Kier molecular flexibility index (Phi) is 6.20. The van der Waals surface area contributed by atoms with Gasteiger partial charge in [0.25, 0.3) is 0 Å². The molecule has 0 aliphatic carbocycles. The van der Waals surface area contributed by atoms with Crippen LogP contribution in [0.5, 0.6) is 0 Å². The summed E-state index contributed by atoms with van der Waals surface area (Å²) in [6.07, 6.45) is -4.57. The molecule has 146 valence electrons. The van der Waals surface area contributed by atoms with Crippen LogP contribution in [-0.2, 0) is 12.7 Å². The molecule has 2 aromatic rings. The maximum atomic E-state index is 13.3. The number of nitrogens with zero attached hydrogens (tertiary/aromatic N) is 2. The first-order valence-electron chi connectivity index (χ1n) is 8.27. The zero-order valence-electron chi connectivity index (χ0n) is 15.7. The molecule has 0 saturated carbocycles. The van der Waals surface area contributed by atoms with Gasteiger partial charge in [-0.3, -0.25) is 0 Å². The van der Waals surface area contributed by atoms with Crippen LogP contribution in [-0.4, -0.2) is 34.2 Å². The smallest absolute Gasteiger partial charge is 0.378 e. The first kappa shape index (κ1) is 20.4. The summed E-state index contributed by atoms with van der Waals surface area (Å²) in [5.74, 6) is 0. The molecule has 8 heteroatoms. The summed E-state index contributed by atoms with van der Waals surface area (Å²) in [5, 5.41) is 4.88. The van der Waals surface area contributed by atoms with Gasteiger partial charge in [0.05, 0.1) is 11.3 Å². The molecule has 2 N–H and O–H groups in total. The Bertz CT molecular complexity index is 804. The quantitative estimate of drug-likeness (QED) is 0.819. The summed E-state index contributed by atoms with van der Waals surface area (Å²) < 4.78 is 40.0. The topological polar surface area (TPSA) is 47.6 Å². The number of hydrogen-bond acceptors (Lipinski definition) is 3. The highest BCUT2D eigenvalue weighted by molar-refractivity contribution is 5.90. The molecule has 2 aromatic carbocycles. The van der Waals surface area contributed by atoms with Gasteiger partial charge in [0.1, 0.15) is 0 Å². The molecule has 0 aliphatic heterocycles. The fraction of sp³-hybridized carbons (Fsp3) is 0.316. The van der Waals surface area contributed by atoms with Crippen LogP contribution in [0.3, 0.4) is 0 Å². The highest BCUT2D eigenvalue weighted by Crippen LogP contribution is 2.37. The van der Waals surface area contributed by atoms with Gasteiger partial charge < -0.3 is 20.4 Å². The van der Waals surface area contributed by atoms with Crippen molar-refractivity contribution in [1.29, 1.82) is 0 Å². The van der Waals surface area contributed by atoms with E-state index in [1.807, 2.05) is 43.3 Å². The summed E-state index contributed by atoms with van der Waals surface area (Å²) in [6.45, 7) is 0.199. The molecule has 0 unspecified atom stereocenters. The van der Waals surface area contributed by atoms with Gasteiger partial charge in [0.2, 0.25) is 0 Å². The standard InChI is InChI=1S/C19H23F3N4O/c1-25(2)14-7-5-6-13(10-14)12-23-18(27)24-17-9-8-15(26(3)4)11-16(17)19(20,21)22/h5-11H,12H2,1-4H3,(H2,23,24,27). The van der Waals surface area contributed by atoms with Gasteiger partial charge in [-0.25, -0.2) is 4.79 Å². The van der Waals surface area contributed by atoms with E-state index in [1.165, 1.54) is 12.1 Å². The van der Waals surface area contributed by atoms with Crippen molar-refractivity contribution in [2.24, 2.45) is 0 Å². The summed E-state index contributed by atoms with van der Waals surface area (Å²) in [4.78, 5) is 15.6. The van der Waals surface area contributed by atoms with Crippen molar-refractivity contribution in [3.8, 4) is 0 Å². The lowest BCUT2D eigenvalue weighted by Crippen LogP contribution is -2.29. The molecule has 0 heterocycles. The first-order valence-corrected chi connectivity index (χ1v) is 8.27. The molecule has 5 nitrogen and oxygen atoms in total. The molecule has 0 atom stereocenters. The van der Waals surface area contributed by atoms with Gasteiger partial charge in [-0.15, -0.1) is 0 Å². The van der Waals surface area contributed by atoms with E-state index >= 15 is 0 Å². The van der Waals surface area contributed by atoms with E-state index in [-0.39, 0.29) is 12.2 Å². The highest BCUT2D eigenvalue weighted by Gasteiger charge is 2.34. The molecule has 0 bridgehead atoms. The average Bonchev–Trinajstić information content (AvgIpc) is 2.59. The maximum Gasteiger partial charge on any atom is 0.418 e. The Morgan fingerprint density at radius 2 is 1.59 bits per heavy atom. The van der Waals surface area contributed by atoms with E-state index in [9.17, 15) is 18.0 Å². The minimum atomic E-state index is -4.57. The van der Waals surface area contributed by atoms with Gasteiger partial charge in [0, 0.05) is 46.1 Å². The number of halogens is 3. The third-order valence-electron chi connectivity index (χ3n) is 3.95. The Hall–Kier alpha value is -2.90. The van der Waals surface area contributed by atoms with Gasteiger partial charge in [0.15, 0.2) is 0 Å². The Labute approximate surface area is 156 Å². The summed E-state index contributed by atoms with van der Waals surface area (Å²) >= 11 is 0. The lowest BCUT2D eigenvalue weighted by atomic mass is 10.1. The molecule has 0 fully saturated rings. The fourth-order valence-corrected chi connectivity index (χ4v) is 2.45. The van der Waals surface area contributed by atoms with Crippen LogP contribution in [0.15, 0.2) is 42.5 Å². The van der Waals surface area contributed by atoms with Crippen molar-refractivity contribution < 1.29 is 18.0 Å². The third kappa shape index (κ3) is 5.54. The molecule has 0 aliphatic rings. The molecule has 27 heavy (non-hydrogen) atoms. The number of amides is 2. The van der Waals surface area contributed by atoms with Crippen molar-refractivity contribution in [3.63, 3.8) is 0 Å². The number of hydrogen-bond donors (Lipinski definition) is 2. The van der Waals surface area contributed by atoms with Gasteiger partial charge in [-0.1, -0.05) is 12.1 Å². The van der Waals surface area contributed by atoms with Crippen LogP contribution in [0.4, 0.5) is 35.0 Å². The predicted molar refractivity (Wildman–Crippen MR) is 102 cm³/mol. The van der Waals surface area contributed by atoms with Crippen LogP contribution < -0.4 is 20.4 Å². The Morgan fingerprint density at radius 1 is 0.963 bits per heavy atom. The molecule has 2 amide bonds. The van der Waals surface area contributed by atoms with Crippen molar-refractivity contribution in [2.45, 2.75) is 12.7 Å². The number of nitrogens with one attached hydrogen (secondary N) is 2. The van der Waals surface area contributed by atoms with Gasteiger partial charge >= 0.3 is 12.2 Å². The zero-order chi connectivity index (χ0) is 20.2. The molecule has 0 spiro atoms. The van der Waals surface area contributed by atoms with E-state index in [1.54, 1.807) is 19.0 Å². The summed E-state index contributed by atoms with van der Waals surface area (Å²) in [6, 6.07) is 10.6. The van der Waals surface area contributed by atoms with Crippen LogP contribution >= 0.6 is 0 Å². The minimum absolute atomic E-state index is 0.199. The van der Waals surface area contributed by atoms with Crippen molar-refractivity contribution >= 4 is 23.1 Å². The second-order valence-corrected chi connectivity index (χ2v) is 6.49. The number of rotatable bonds is 5. The largest absolute Gasteiger partial charge is 0.418 e. The number of carbonyl (C=O) groups is 1. The maximum absolute atomic E-state index is 13.3. The van der Waals surface area contributed by atoms with Crippen molar-refractivity contribution in [3.05, 3.63) is 53.6 Å². The Balaban J connectivity index is 2.10. The zero-order valence-corrected chi connectivity index (χ0v) is 15.7. The number of benzene rings is 2. The number of carbonyl (C=O) groups excluding carboxylic acids is 1. The van der Waals surface area contributed by atoms with Gasteiger partial charge in [-0.05, 0) is 35.9 Å². The van der Waals surface area contributed by atoms with Crippen LogP contribution in [0, 0.1) is 0 Å². The highest BCUT2D eigenvalue weighted by atomic mass is 19.4. The lowest BCUT2D eigenvalue weighted by molar-refractivity contribution is -0.136. The lowest BCUT2D eigenvalue weighted by Gasteiger charge is -2.19. The van der Waals surface area contributed by atoms with Gasteiger partial charge in [-0.2, -0.15) is 13.2 Å². The van der Waals surface area contributed by atoms with Crippen LogP contribution in [0.1, 0.15) is 11.1 Å². The van der Waals surface area contributed by atoms with E-state index in [2.05, 4.69) is 10.6 Å². The summed E-state index contributed by atoms with van der Waals surface area (Å²) in [5.41, 5.74) is 1.03. The number of anilines is 3. The fourth-order valence-electron chi connectivity index (χ4n) is 2.45. The second kappa shape index (κ2) is 8.20. The van der Waals surface area contributed by atoms with Crippen molar-refractivity contribution in [2.75, 3.05) is 43.3 Å². The molecule has 0 saturated heterocycles. The summed E-state index contributed by atoms with van der Waals surface area (Å²) in [7, 11) is 7.10. The van der Waals surface area contributed by atoms with E-state index in [0.717, 1.165) is 17.3 Å². The molecular weight excluding hydrogens is 357 g/mol. The minimum Gasteiger partial charge on any atom is -0.378 e. The van der Waals surface area contributed by atoms with E-state index in [0.29, 0.717) is 5.69 Å². The SMILES string of the molecule is CN(C)c1cccc(CNC(=O)Nc2ccc(N(C)C)cc2C(F)(F)F)c1. The number of urea groups is 1. The molecule has 2 rings (SSSR count). The Morgan fingerprint density at radius 3 is 2.19 bits per heavy atom. The molecule has 0 radical (unpaired) electrons. The second-order valence-electron chi connectivity index (χ2n) is 6.49. The van der Waals surface area contributed by atoms with E-state index < -0.39 is 17.8 Å². The molecule has 0 aromatic heterocycles. The van der Waals surface area contributed by atoms with Crippen molar-refractivity contribution in [1.82, 2.24) is 5.32 Å². The van der Waals surface area contributed by atoms with Crippen LogP contribution in [0.25, 0.3) is 0 Å². The number of alkyl halides is 3. The molecular formula is C19H23F3N4O. The van der Waals surface area contributed by atoms with E-state index in [4.69, 9.17) is 0 Å². The average molecular weight is 380 g/mol. The normalized spacial score (nSPS) is 11.1. The van der Waals surface area contributed by atoms with Crippen LogP contribution in [0.2, 0.25) is 0 Å². The predicted octanol–water partition coefficient (Wildman–Crippen LogP) is 4.16. The third-order valence-corrected chi connectivity index (χ3v) is 3.95.